The van der Waals surface area contributed by atoms with E-state index in [0.717, 1.165) is 4.88 Å². The van der Waals surface area contributed by atoms with E-state index in [9.17, 15) is 4.79 Å². The Morgan fingerprint density at radius 3 is 3.12 bits per heavy atom. The molecule has 0 aromatic carbocycles. The normalized spacial score (nSPS) is 9.88. The van der Waals surface area contributed by atoms with E-state index in [2.05, 4.69) is 5.10 Å². The van der Waals surface area contributed by atoms with Crippen molar-refractivity contribution in [2.75, 3.05) is 7.11 Å². The largest absolute Gasteiger partial charge is 0.465 e. The van der Waals surface area contributed by atoms with Crippen molar-refractivity contribution in [1.82, 2.24) is 9.78 Å². The highest BCUT2D eigenvalue weighted by Gasteiger charge is 2.18. The standard InChI is InChI=1S/C11H9N3O2S/c1-16-11(15)8-7-14(5-4-12)13-10(8)9-3-2-6-17-9/h2-3,6-7H,5H2,1H3. The second-order valence-corrected chi connectivity index (χ2v) is 4.16. The molecule has 6 heteroatoms. The second kappa shape index (κ2) is 4.80. The summed E-state index contributed by atoms with van der Waals surface area (Å²) in [5.74, 6) is -0.447. The van der Waals surface area contributed by atoms with E-state index in [4.69, 9.17) is 10.00 Å². The van der Waals surface area contributed by atoms with E-state index in [-0.39, 0.29) is 6.54 Å². The van der Waals surface area contributed by atoms with Gasteiger partial charge in [-0.05, 0) is 11.4 Å². The molecule has 86 valence electrons. The number of ether oxygens (including phenoxy) is 1. The highest BCUT2D eigenvalue weighted by molar-refractivity contribution is 7.13. The number of aromatic nitrogens is 2. The monoisotopic (exact) mass is 247 g/mol. The van der Waals surface area contributed by atoms with Gasteiger partial charge in [0, 0.05) is 6.20 Å². The fraction of sp³-hybridized carbons (Fsp3) is 0.182. The maximum Gasteiger partial charge on any atom is 0.341 e. The fourth-order valence-electron chi connectivity index (χ4n) is 1.43. The highest BCUT2D eigenvalue weighted by atomic mass is 32.1. The molecule has 2 aromatic rings. The van der Waals surface area contributed by atoms with Crippen LogP contribution in [0.3, 0.4) is 0 Å². The molecule has 0 saturated heterocycles. The van der Waals surface area contributed by atoms with E-state index in [1.807, 2.05) is 23.6 Å². The molecule has 2 rings (SSSR count). The van der Waals surface area contributed by atoms with Crippen molar-refractivity contribution in [1.29, 1.82) is 5.26 Å². The van der Waals surface area contributed by atoms with Gasteiger partial charge < -0.3 is 4.74 Å². The molecule has 2 heterocycles. The van der Waals surface area contributed by atoms with Crippen molar-refractivity contribution >= 4 is 17.3 Å². The van der Waals surface area contributed by atoms with Gasteiger partial charge in [-0.15, -0.1) is 11.3 Å². The number of esters is 1. The van der Waals surface area contributed by atoms with Crippen LogP contribution < -0.4 is 0 Å². The van der Waals surface area contributed by atoms with Crippen molar-refractivity contribution in [3.05, 3.63) is 29.3 Å². The van der Waals surface area contributed by atoms with E-state index in [0.29, 0.717) is 11.3 Å². The minimum atomic E-state index is -0.447. The lowest BCUT2D eigenvalue weighted by Crippen LogP contribution is -2.01. The van der Waals surface area contributed by atoms with Gasteiger partial charge in [0.1, 0.15) is 17.8 Å². The Hall–Kier alpha value is -2.13. The predicted molar refractivity (Wildman–Crippen MR) is 62.5 cm³/mol. The van der Waals surface area contributed by atoms with Crippen LogP contribution in [-0.2, 0) is 11.3 Å². The Bertz CT molecular complexity index is 566. The predicted octanol–water partition coefficient (Wildman–Crippen LogP) is 1.92. The Labute approximate surface area is 102 Å². The summed E-state index contributed by atoms with van der Waals surface area (Å²) in [6.45, 7) is 0.107. The number of carbonyl (C=O) groups is 1. The second-order valence-electron chi connectivity index (χ2n) is 3.22. The Kier molecular flexibility index (Phi) is 3.21. The summed E-state index contributed by atoms with van der Waals surface area (Å²) in [6.07, 6.45) is 1.53. The van der Waals surface area contributed by atoms with Crippen LogP contribution in [-0.4, -0.2) is 22.9 Å². The van der Waals surface area contributed by atoms with Crippen molar-refractivity contribution in [3.63, 3.8) is 0 Å². The van der Waals surface area contributed by atoms with E-state index < -0.39 is 5.97 Å². The third-order valence-corrected chi connectivity index (χ3v) is 3.03. The summed E-state index contributed by atoms with van der Waals surface area (Å²) in [5, 5.41) is 14.7. The smallest absolute Gasteiger partial charge is 0.341 e. The van der Waals surface area contributed by atoms with Crippen molar-refractivity contribution < 1.29 is 9.53 Å². The SMILES string of the molecule is COC(=O)c1cn(CC#N)nc1-c1cccs1. The molecule has 2 aromatic heterocycles. The summed E-state index contributed by atoms with van der Waals surface area (Å²) in [6, 6.07) is 5.73. The molecule has 0 aliphatic rings. The van der Waals surface area contributed by atoms with Crippen LogP contribution in [0.5, 0.6) is 0 Å². The maximum atomic E-state index is 11.6. The first-order valence-corrected chi connectivity index (χ1v) is 5.71. The van der Waals surface area contributed by atoms with E-state index >= 15 is 0 Å². The lowest BCUT2D eigenvalue weighted by atomic mass is 10.2. The molecule has 0 atom stereocenters. The van der Waals surface area contributed by atoms with Gasteiger partial charge in [0.2, 0.25) is 0 Å². The summed E-state index contributed by atoms with van der Waals surface area (Å²) < 4.78 is 6.13. The number of thiophene rings is 1. The topological polar surface area (TPSA) is 67.9 Å². The lowest BCUT2D eigenvalue weighted by molar-refractivity contribution is 0.0601. The molecular formula is C11H9N3O2S. The fourth-order valence-corrected chi connectivity index (χ4v) is 2.15. The third kappa shape index (κ3) is 2.19. The van der Waals surface area contributed by atoms with Crippen LogP contribution >= 0.6 is 11.3 Å². The van der Waals surface area contributed by atoms with Gasteiger partial charge in [-0.3, -0.25) is 4.68 Å². The number of methoxy groups -OCH3 is 1. The molecule has 0 saturated carbocycles. The number of carbonyl (C=O) groups excluding carboxylic acids is 1. The van der Waals surface area contributed by atoms with Gasteiger partial charge in [0.25, 0.3) is 0 Å². The molecule has 0 aliphatic carbocycles. The first-order chi connectivity index (χ1) is 8.26. The Balaban J connectivity index is 2.49. The van der Waals surface area contributed by atoms with Crippen LogP contribution in [0.4, 0.5) is 0 Å². The summed E-state index contributed by atoms with van der Waals surface area (Å²) in [7, 11) is 1.32. The van der Waals surface area contributed by atoms with Crippen LogP contribution in [0.25, 0.3) is 10.6 Å². The molecular weight excluding hydrogens is 238 g/mol. The molecule has 0 spiro atoms. The number of hydrogen-bond donors (Lipinski definition) is 0. The molecule has 5 nitrogen and oxygen atoms in total. The van der Waals surface area contributed by atoms with Gasteiger partial charge in [0.05, 0.1) is 18.1 Å². The number of nitriles is 1. The minimum Gasteiger partial charge on any atom is -0.465 e. The quantitative estimate of drug-likeness (QED) is 0.777. The van der Waals surface area contributed by atoms with Crippen LogP contribution in [0, 0.1) is 11.3 Å². The van der Waals surface area contributed by atoms with Crippen LogP contribution in [0.15, 0.2) is 23.7 Å². The van der Waals surface area contributed by atoms with Crippen molar-refractivity contribution in [2.24, 2.45) is 0 Å². The molecule has 0 amide bonds. The zero-order valence-corrected chi connectivity index (χ0v) is 9.90. The van der Waals surface area contributed by atoms with E-state index in [1.165, 1.54) is 29.3 Å². The summed E-state index contributed by atoms with van der Waals surface area (Å²) in [4.78, 5) is 12.5. The van der Waals surface area contributed by atoms with Gasteiger partial charge in [-0.2, -0.15) is 10.4 Å². The number of rotatable bonds is 3. The third-order valence-electron chi connectivity index (χ3n) is 2.15. The molecule has 0 N–H and O–H groups in total. The summed E-state index contributed by atoms with van der Waals surface area (Å²) in [5.41, 5.74) is 0.937. The van der Waals surface area contributed by atoms with Crippen LogP contribution in [0.2, 0.25) is 0 Å². The molecule has 0 aliphatic heterocycles. The molecule has 17 heavy (non-hydrogen) atoms. The number of nitrogens with zero attached hydrogens (tertiary/aromatic N) is 3. The molecule has 0 unspecified atom stereocenters. The zero-order chi connectivity index (χ0) is 12.3. The average molecular weight is 247 g/mol. The van der Waals surface area contributed by atoms with Gasteiger partial charge in [0.15, 0.2) is 0 Å². The van der Waals surface area contributed by atoms with Crippen LogP contribution in [0.1, 0.15) is 10.4 Å². The maximum absolute atomic E-state index is 11.6. The van der Waals surface area contributed by atoms with Crippen molar-refractivity contribution in [3.8, 4) is 16.6 Å². The first-order valence-electron chi connectivity index (χ1n) is 4.83. The minimum absolute atomic E-state index is 0.107. The first kappa shape index (κ1) is 11.4. The van der Waals surface area contributed by atoms with E-state index in [1.54, 1.807) is 0 Å². The Morgan fingerprint density at radius 2 is 2.53 bits per heavy atom. The highest BCUT2D eigenvalue weighted by Crippen LogP contribution is 2.26. The van der Waals surface area contributed by atoms with Gasteiger partial charge in [-0.1, -0.05) is 6.07 Å². The lowest BCUT2D eigenvalue weighted by Gasteiger charge is -1.96. The zero-order valence-electron chi connectivity index (χ0n) is 9.08. The molecule has 0 bridgehead atoms. The average Bonchev–Trinajstić information content (AvgIpc) is 2.96. The van der Waals surface area contributed by atoms with Gasteiger partial charge in [-0.25, -0.2) is 4.79 Å². The molecule has 0 fully saturated rings. The van der Waals surface area contributed by atoms with Crippen molar-refractivity contribution in [2.45, 2.75) is 6.54 Å². The Morgan fingerprint density at radius 1 is 1.71 bits per heavy atom. The van der Waals surface area contributed by atoms with Gasteiger partial charge >= 0.3 is 5.97 Å². The molecule has 0 radical (unpaired) electrons. The number of hydrogen-bond acceptors (Lipinski definition) is 5. The summed E-state index contributed by atoms with van der Waals surface area (Å²) >= 11 is 1.48.